The molecule has 0 spiro atoms. The van der Waals surface area contributed by atoms with Crippen molar-refractivity contribution in [1.82, 2.24) is 0 Å². The number of alkyl halides is 6. The minimum absolute atomic E-state index is 0.406. The number of nitrogens with one attached hydrogen (secondary N) is 2. The highest BCUT2D eigenvalue weighted by atomic mass is 19.4. The van der Waals surface area contributed by atoms with Crippen molar-refractivity contribution in [2.75, 3.05) is 0 Å². The number of benzene rings is 1. The van der Waals surface area contributed by atoms with E-state index in [1.807, 2.05) is 0 Å². The van der Waals surface area contributed by atoms with Crippen molar-refractivity contribution in [2.45, 2.75) is 12.4 Å². The van der Waals surface area contributed by atoms with Crippen molar-refractivity contribution < 1.29 is 35.9 Å². The average molecular weight is 300 g/mol. The first-order valence-corrected chi connectivity index (χ1v) is 4.37. The zero-order valence-electron chi connectivity index (χ0n) is 9.39. The molecule has 0 atom stereocenters. The Morgan fingerprint density at radius 1 is 0.750 bits per heavy atom. The second-order valence-electron chi connectivity index (χ2n) is 2.75. The third-order valence-electron chi connectivity index (χ3n) is 1.54. The largest absolute Gasteiger partial charge is 0.417 e. The zero-order chi connectivity index (χ0) is 16.4. The molecule has 20 heavy (non-hydrogen) atoms. The maximum Gasteiger partial charge on any atom is 0.417 e. The molecule has 10 heteroatoms. The van der Waals surface area contributed by atoms with Gasteiger partial charge in [-0.3, -0.25) is 0 Å². The van der Waals surface area contributed by atoms with E-state index in [0.717, 1.165) is 24.3 Å². The number of rotatable bonds is 0. The molecule has 0 heterocycles. The summed E-state index contributed by atoms with van der Waals surface area (Å²) < 4.78 is 72.5. The van der Waals surface area contributed by atoms with E-state index < -0.39 is 23.5 Å². The van der Waals surface area contributed by atoms with Gasteiger partial charge in [-0.25, -0.2) is 20.4 Å². The maximum atomic E-state index is 12.1. The Bertz CT molecular complexity index is 438. The van der Waals surface area contributed by atoms with Gasteiger partial charge >= 0.3 is 12.4 Å². The SMILES string of the molecule is FC(F)(F)c1ccccc1C(F)(F)F.N=C=O.N=C=O. The van der Waals surface area contributed by atoms with E-state index in [0.29, 0.717) is 12.1 Å². The molecule has 0 aliphatic heterocycles. The van der Waals surface area contributed by atoms with Gasteiger partial charge in [-0.05, 0) is 12.1 Å². The highest BCUT2D eigenvalue weighted by molar-refractivity contribution is 5.31. The molecule has 0 aliphatic rings. The van der Waals surface area contributed by atoms with Gasteiger partial charge in [0.25, 0.3) is 0 Å². The van der Waals surface area contributed by atoms with Crippen molar-refractivity contribution in [1.29, 1.82) is 10.8 Å². The van der Waals surface area contributed by atoms with Crippen LogP contribution in [-0.2, 0) is 21.9 Å². The summed E-state index contributed by atoms with van der Waals surface area (Å²) in [5, 5.41) is 10.8. The summed E-state index contributed by atoms with van der Waals surface area (Å²) in [7, 11) is 0. The first kappa shape index (κ1) is 19.9. The lowest BCUT2D eigenvalue weighted by Gasteiger charge is -2.14. The molecule has 1 aromatic carbocycles. The molecule has 110 valence electrons. The van der Waals surface area contributed by atoms with Gasteiger partial charge in [0.15, 0.2) is 0 Å². The smallest absolute Gasteiger partial charge is 0.222 e. The summed E-state index contributed by atoms with van der Waals surface area (Å²) in [6, 6.07) is 2.64. The lowest BCUT2D eigenvalue weighted by Crippen LogP contribution is -2.15. The van der Waals surface area contributed by atoms with Crippen molar-refractivity contribution in [3.8, 4) is 0 Å². The van der Waals surface area contributed by atoms with Crippen LogP contribution in [0.4, 0.5) is 26.3 Å². The third kappa shape index (κ3) is 7.80. The molecule has 0 saturated heterocycles. The van der Waals surface area contributed by atoms with Crippen molar-refractivity contribution in [3.05, 3.63) is 35.4 Å². The van der Waals surface area contributed by atoms with Crippen LogP contribution in [0, 0.1) is 10.8 Å². The molecule has 0 unspecified atom stereocenters. The fraction of sp³-hybridized carbons (Fsp3) is 0.200. The number of isocyanates is 2. The van der Waals surface area contributed by atoms with E-state index in [4.69, 9.17) is 20.4 Å². The van der Waals surface area contributed by atoms with E-state index in [2.05, 4.69) is 0 Å². The van der Waals surface area contributed by atoms with Crippen LogP contribution in [0.2, 0.25) is 0 Å². The van der Waals surface area contributed by atoms with E-state index in [1.54, 1.807) is 0 Å². The molecule has 0 fully saturated rings. The Kier molecular flexibility index (Phi) is 8.58. The highest BCUT2D eigenvalue weighted by Crippen LogP contribution is 2.39. The normalized spacial score (nSPS) is 9.90. The standard InChI is InChI=1S/C8H4F6.2CHNO/c9-7(10,11)5-3-1-2-4-6(5)8(12,13)14;2*2-1-3/h1-4H;2*2H. The second kappa shape index (κ2) is 8.63. The van der Waals surface area contributed by atoms with Crippen LogP contribution in [0.3, 0.4) is 0 Å². The molecular formula is C10H6F6N2O2. The summed E-state index contributed by atoms with van der Waals surface area (Å²) >= 11 is 0. The Morgan fingerprint density at radius 2 is 0.950 bits per heavy atom. The molecule has 0 amide bonds. The molecule has 1 aromatic rings. The predicted molar refractivity (Wildman–Crippen MR) is 53.3 cm³/mol. The quantitative estimate of drug-likeness (QED) is 0.436. The molecule has 4 nitrogen and oxygen atoms in total. The number of halogens is 6. The fourth-order valence-electron chi connectivity index (χ4n) is 0.978. The summed E-state index contributed by atoms with van der Waals surface area (Å²) in [4.78, 5) is 16.7. The van der Waals surface area contributed by atoms with Gasteiger partial charge in [0.1, 0.15) is 0 Å². The molecule has 1 rings (SSSR count). The van der Waals surface area contributed by atoms with Gasteiger partial charge in [0, 0.05) is 0 Å². The van der Waals surface area contributed by atoms with Gasteiger partial charge in [-0.15, -0.1) is 0 Å². The van der Waals surface area contributed by atoms with Crippen molar-refractivity contribution in [2.24, 2.45) is 0 Å². The maximum absolute atomic E-state index is 12.1. The molecule has 2 N–H and O–H groups in total. The Hall–Kier alpha value is -2.44. The van der Waals surface area contributed by atoms with Gasteiger partial charge < -0.3 is 0 Å². The van der Waals surface area contributed by atoms with Crippen molar-refractivity contribution >= 4 is 12.2 Å². The fourth-order valence-corrected chi connectivity index (χ4v) is 0.978. The van der Waals surface area contributed by atoms with Gasteiger partial charge in [0.2, 0.25) is 12.2 Å². The van der Waals surface area contributed by atoms with E-state index in [1.165, 1.54) is 0 Å². The number of hydrogen-bond donors (Lipinski definition) is 2. The zero-order valence-corrected chi connectivity index (χ0v) is 9.39. The van der Waals surface area contributed by atoms with Crippen LogP contribution in [0.25, 0.3) is 0 Å². The topological polar surface area (TPSA) is 81.8 Å². The summed E-state index contributed by atoms with van der Waals surface area (Å²) in [5.74, 6) is 0. The van der Waals surface area contributed by atoms with Crippen LogP contribution in [-0.4, -0.2) is 12.2 Å². The summed E-state index contributed by atoms with van der Waals surface area (Å²) in [6.07, 6.45) is -8.46. The lowest BCUT2D eigenvalue weighted by molar-refractivity contribution is -0.162. The van der Waals surface area contributed by atoms with Gasteiger partial charge in [-0.2, -0.15) is 26.3 Å². The summed E-state index contributed by atoms with van der Waals surface area (Å²) in [5.41, 5.74) is -3.32. The Morgan fingerprint density at radius 3 is 1.10 bits per heavy atom. The van der Waals surface area contributed by atoms with Crippen LogP contribution in [0.1, 0.15) is 11.1 Å². The average Bonchev–Trinajstić information content (AvgIpc) is 2.29. The molecule has 0 bridgehead atoms. The van der Waals surface area contributed by atoms with Crippen LogP contribution in [0.15, 0.2) is 24.3 Å². The second-order valence-corrected chi connectivity index (χ2v) is 2.75. The molecule has 0 aromatic heterocycles. The van der Waals surface area contributed by atoms with Crippen molar-refractivity contribution in [3.63, 3.8) is 0 Å². The first-order chi connectivity index (χ1) is 9.06. The highest BCUT2D eigenvalue weighted by Gasteiger charge is 2.42. The van der Waals surface area contributed by atoms with Crippen LogP contribution >= 0.6 is 0 Å². The number of carbonyl (C=O) groups excluding carboxylic acids is 2. The van der Waals surface area contributed by atoms with Crippen LogP contribution < -0.4 is 0 Å². The third-order valence-corrected chi connectivity index (χ3v) is 1.54. The van der Waals surface area contributed by atoms with Gasteiger partial charge in [-0.1, -0.05) is 12.1 Å². The van der Waals surface area contributed by atoms with E-state index >= 15 is 0 Å². The minimum Gasteiger partial charge on any atom is -0.222 e. The monoisotopic (exact) mass is 300 g/mol. The number of hydrogen-bond acceptors (Lipinski definition) is 4. The van der Waals surface area contributed by atoms with E-state index in [9.17, 15) is 26.3 Å². The minimum atomic E-state index is -4.98. The van der Waals surface area contributed by atoms with Crippen LogP contribution in [0.5, 0.6) is 0 Å². The Labute approximate surface area is 108 Å². The lowest BCUT2D eigenvalue weighted by atomic mass is 10.1. The molecule has 0 aliphatic carbocycles. The van der Waals surface area contributed by atoms with E-state index in [-0.39, 0.29) is 0 Å². The first-order valence-electron chi connectivity index (χ1n) is 4.37. The Balaban J connectivity index is 0. The summed E-state index contributed by atoms with van der Waals surface area (Å²) in [6.45, 7) is 0. The molecule has 0 radical (unpaired) electrons. The predicted octanol–water partition coefficient (Wildman–Crippen LogP) is 3.53. The molecular weight excluding hydrogens is 294 g/mol. The van der Waals surface area contributed by atoms with Gasteiger partial charge in [0.05, 0.1) is 11.1 Å². The molecule has 0 saturated carbocycles.